The summed E-state index contributed by atoms with van der Waals surface area (Å²) in [5.41, 5.74) is -0.303. The predicted molar refractivity (Wildman–Crippen MR) is 119 cm³/mol. The minimum Gasteiger partial charge on any atom is -0.466 e. The number of ether oxygens (including phenoxy) is 2. The van der Waals surface area contributed by atoms with Crippen molar-refractivity contribution in [3.8, 4) is 0 Å². The van der Waals surface area contributed by atoms with Crippen molar-refractivity contribution in [2.24, 2.45) is 5.92 Å². The smallest absolute Gasteiger partial charge is 0.310 e. The topological polar surface area (TPSA) is 76.2 Å². The molecule has 1 spiro atoms. The lowest BCUT2D eigenvalue weighted by Crippen LogP contribution is -2.58. The summed E-state index contributed by atoms with van der Waals surface area (Å²) in [5.74, 6) is -0.972. The lowest BCUT2D eigenvalue weighted by Gasteiger charge is -2.42. The molecule has 32 heavy (non-hydrogen) atoms. The van der Waals surface area contributed by atoms with Crippen LogP contribution in [0.1, 0.15) is 62.2 Å². The fourth-order valence-electron chi connectivity index (χ4n) is 5.26. The summed E-state index contributed by atoms with van der Waals surface area (Å²) in [5, 5.41) is 0.477. The average molecular weight is 463 g/mol. The molecular formula is C24H31ClN2O5. The second-order valence-corrected chi connectivity index (χ2v) is 9.33. The SMILES string of the molecule is CCOC(=O)[C@@H]1CCCN(C(=O)[C@H]2COC3(CCCCC3)N2C(=O)c2cccc(Cl)c2)C1. The Bertz CT molecular complexity index is 870. The van der Waals surface area contributed by atoms with Gasteiger partial charge in [0.05, 0.1) is 19.1 Å². The third-order valence-corrected chi connectivity index (χ3v) is 7.06. The number of amides is 2. The highest BCUT2D eigenvalue weighted by atomic mass is 35.5. The zero-order valence-corrected chi connectivity index (χ0v) is 19.3. The van der Waals surface area contributed by atoms with Crippen LogP contribution in [0.4, 0.5) is 0 Å². The third kappa shape index (κ3) is 4.50. The first-order valence-electron chi connectivity index (χ1n) is 11.6. The van der Waals surface area contributed by atoms with Gasteiger partial charge in [0.25, 0.3) is 5.91 Å². The number of hydrogen-bond acceptors (Lipinski definition) is 5. The first kappa shape index (κ1) is 23.1. The molecule has 0 radical (unpaired) electrons. The molecule has 2 saturated heterocycles. The second-order valence-electron chi connectivity index (χ2n) is 8.89. The van der Waals surface area contributed by atoms with E-state index in [1.54, 1.807) is 41.0 Å². The molecule has 7 nitrogen and oxygen atoms in total. The summed E-state index contributed by atoms with van der Waals surface area (Å²) in [7, 11) is 0. The zero-order valence-electron chi connectivity index (χ0n) is 18.6. The fourth-order valence-corrected chi connectivity index (χ4v) is 5.45. The highest BCUT2D eigenvalue weighted by molar-refractivity contribution is 6.31. The van der Waals surface area contributed by atoms with Gasteiger partial charge in [0.1, 0.15) is 11.8 Å². The summed E-state index contributed by atoms with van der Waals surface area (Å²) in [6.07, 6.45) is 5.87. The molecule has 1 aromatic carbocycles. The molecule has 2 aliphatic heterocycles. The van der Waals surface area contributed by atoms with Crippen LogP contribution in [0.15, 0.2) is 24.3 Å². The molecule has 0 bridgehead atoms. The van der Waals surface area contributed by atoms with Crippen molar-refractivity contribution < 1.29 is 23.9 Å². The number of piperidine rings is 1. The molecule has 2 heterocycles. The van der Waals surface area contributed by atoms with Crippen molar-refractivity contribution in [2.45, 2.75) is 63.6 Å². The first-order chi connectivity index (χ1) is 15.4. The Labute approximate surface area is 194 Å². The van der Waals surface area contributed by atoms with E-state index in [-0.39, 0.29) is 30.3 Å². The normalized spacial score (nSPS) is 25.1. The Morgan fingerprint density at radius 3 is 2.69 bits per heavy atom. The van der Waals surface area contributed by atoms with E-state index in [0.717, 1.165) is 25.7 Å². The number of likely N-dealkylation sites (tertiary alicyclic amines) is 1. The fraction of sp³-hybridized carbons (Fsp3) is 0.625. The minimum absolute atomic E-state index is 0.156. The molecule has 0 N–H and O–H groups in total. The Balaban J connectivity index is 1.59. The van der Waals surface area contributed by atoms with E-state index in [9.17, 15) is 14.4 Å². The predicted octanol–water partition coefficient (Wildman–Crippen LogP) is 3.64. The average Bonchev–Trinajstić information content (AvgIpc) is 3.16. The highest BCUT2D eigenvalue weighted by Crippen LogP contribution is 2.42. The van der Waals surface area contributed by atoms with Gasteiger partial charge in [-0.15, -0.1) is 0 Å². The van der Waals surface area contributed by atoms with Crippen LogP contribution < -0.4 is 0 Å². The highest BCUT2D eigenvalue weighted by Gasteiger charge is 2.54. The van der Waals surface area contributed by atoms with Crippen LogP contribution >= 0.6 is 11.6 Å². The molecular weight excluding hydrogens is 432 g/mol. The summed E-state index contributed by atoms with van der Waals surface area (Å²) in [6.45, 7) is 3.16. The van der Waals surface area contributed by atoms with Crippen LogP contribution in [0.3, 0.4) is 0 Å². The van der Waals surface area contributed by atoms with Gasteiger partial charge in [0.2, 0.25) is 5.91 Å². The number of rotatable bonds is 4. The lowest BCUT2D eigenvalue weighted by atomic mass is 9.89. The molecule has 1 aliphatic carbocycles. The van der Waals surface area contributed by atoms with Gasteiger partial charge >= 0.3 is 5.97 Å². The zero-order chi connectivity index (χ0) is 22.7. The number of carbonyl (C=O) groups is 3. The Hall–Kier alpha value is -2.12. The largest absolute Gasteiger partial charge is 0.466 e. The molecule has 3 fully saturated rings. The van der Waals surface area contributed by atoms with Crippen LogP contribution in [0.25, 0.3) is 0 Å². The van der Waals surface area contributed by atoms with E-state index < -0.39 is 11.8 Å². The maximum absolute atomic E-state index is 13.7. The van der Waals surface area contributed by atoms with Gasteiger partial charge in [-0.2, -0.15) is 0 Å². The molecule has 1 aromatic rings. The standard InChI is InChI=1S/C24H31ClN2O5/c1-2-31-23(30)18-9-7-13-26(15-18)22(29)20-16-32-24(11-4-3-5-12-24)27(20)21(28)17-8-6-10-19(25)14-17/h6,8,10,14,18,20H,2-5,7,9,11-13,15-16H2,1H3/t18-,20-/m1/s1. The van der Waals surface area contributed by atoms with Crippen molar-refractivity contribution in [3.05, 3.63) is 34.9 Å². The third-order valence-electron chi connectivity index (χ3n) is 6.82. The molecule has 4 rings (SSSR count). The van der Waals surface area contributed by atoms with Crippen molar-refractivity contribution in [2.75, 3.05) is 26.3 Å². The van der Waals surface area contributed by atoms with Gasteiger partial charge in [-0.3, -0.25) is 19.3 Å². The number of nitrogens with zero attached hydrogens (tertiary/aromatic N) is 2. The van der Waals surface area contributed by atoms with Crippen molar-refractivity contribution in [1.29, 1.82) is 0 Å². The second kappa shape index (κ2) is 9.79. The maximum atomic E-state index is 13.7. The molecule has 8 heteroatoms. The van der Waals surface area contributed by atoms with Crippen LogP contribution in [-0.4, -0.2) is 65.7 Å². The maximum Gasteiger partial charge on any atom is 0.310 e. The minimum atomic E-state index is -0.756. The summed E-state index contributed by atoms with van der Waals surface area (Å²) < 4.78 is 11.4. The van der Waals surface area contributed by atoms with E-state index >= 15 is 0 Å². The summed E-state index contributed by atoms with van der Waals surface area (Å²) in [6, 6.07) is 6.12. The van der Waals surface area contributed by atoms with E-state index in [0.29, 0.717) is 49.5 Å². The van der Waals surface area contributed by atoms with Crippen LogP contribution in [-0.2, 0) is 19.1 Å². The van der Waals surface area contributed by atoms with Gasteiger partial charge in [-0.05, 0) is 63.6 Å². The molecule has 3 aliphatic rings. The van der Waals surface area contributed by atoms with E-state index in [2.05, 4.69) is 0 Å². The molecule has 2 atom stereocenters. The van der Waals surface area contributed by atoms with Crippen LogP contribution in [0.5, 0.6) is 0 Å². The van der Waals surface area contributed by atoms with E-state index in [1.165, 1.54) is 0 Å². The van der Waals surface area contributed by atoms with Crippen molar-refractivity contribution in [3.63, 3.8) is 0 Å². The molecule has 2 amide bonds. The molecule has 0 unspecified atom stereocenters. The van der Waals surface area contributed by atoms with Crippen LogP contribution in [0, 0.1) is 5.92 Å². The monoisotopic (exact) mass is 462 g/mol. The summed E-state index contributed by atoms with van der Waals surface area (Å²) >= 11 is 6.14. The molecule has 1 saturated carbocycles. The van der Waals surface area contributed by atoms with Crippen molar-refractivity contribution in [1.82, 2.24) is 9.80 Å². The number of esters is 1. The van der Waals surface area contributed by atoms with Crippen LogP contribution in [0.2, 0.25) is 5.02 Å². The lowest BCUT2D eigenvalue weighted by molar-refractivity contribution is -0.152. The van der Waals surface area contributed by atoms with Gasteiger partial charge < -0.3 is 14.4 Å². The van der Waals surface area contributed by atoms with Gasteiger partial charge in [0, 0.05) is 23.7 Å². The quantitative estimate of drug-likeness (QED) is 0.638. The molecule has 0 aromatic heterocycles. The van der Waals surface area contributed by atoms with E-state index in [1.807, 2.05) is 0 Å². The van der Waals surface area contributed by atoms with Crippen molar-refractivity contribution >= 4 is 29.4 Å². The Morgan fingerprint density at radius 1 is 1.19 bits per heavy atom. The first-order valence-corrected chi connectivity index (χ1v) is 12.0. The summed E-state index contributed by atoms with van der Waals surface area (Å²) in [4.78, 5) is 42.9. The van der Waals surface area contributed by atoms with Gasteiger partial charge in [-0.25, -0.2) is 0 Å². The Kier molecular flexibility index (Phi) is 7.05. The van der Waals surface area contributed by atoms with E-state index in [4.69, 9.17) is 21.1 Å². The number of halogens is 1. The van der Waals surface area contributed by atoms with Gasteiger partial charge in [0.15, 0.2) is 0 Å². The number of benzene rings is 1. The molecule has 174 valence electrons. The number of carbonyl (C=O) groups excluding carboxylic acids is 3. The number of hydrogen-bond donors (Lipinski definition) is 0. The van der Waals surface area contributed by atoms with Gasteiger partial charge in [-0.1, -0.05) is 24.1 Å². The Morgan fingerprint density at radius 2 is 1.97 bits per heavy atom.